The summed E-state index contributed by atoms with van der Waals surface area (Å²) in [6.07, 6.45) is 10.2. The van der Waals surface area contributed by atoms with E-state index >= 15 is 0 Å². The number of fused-ring (bicyclic) bond motifs is 12. The van der Waals surface area contributed by atoms with E-state index in [1.165, 1.54) is 126 Å². The van der Waals surface area contributed by atoms with Crippen LogP contribution >= 0.6 is 0 Å². The van der Waals surface area contributed by atoms with Gasteiger partial charge in [0.05, 0.1) is 0 Å². The fraction of sp³-hybridized carbons (Fsp3) is 0.193. The van der Waals surface area contributed by atoms with E-state index in [-0.39, 0.29) is 0 Å². The van der Waals surface area contributed by atoms with Gasteiger partial charge >= 0.3 is 0 Å². The van der Waals surface area contributed by atoms with Crippen molar-refractivity contribution in [2.24, 2.45) is 74.7 Å². The molecule has 2 unspecified atom stereocenters. The number of rotatable bonds is 6. The van der Waals surface area contributed by atoms with Gasteiger partial charge in [-0.05, 0) is 246 Å². The molecular weight excluding hydrogens is 1510 g/mol. The number of nitrogens with two attached hydrogens (primary N) is 14. The number of allylic oxidation sites excluding steroid dienone is 4. The summed E-state index contributed by atoms with van der Waals surface area (Å²) in [4.78, 5) is 0. The molecule has 28 N–H and O–H groups in total. The largest absolute Gasteiger partial charge is 0.398 e. The van der Waals surface area contributed by atoms with Crippen LogP contribution in [0.5, 0.6) is 0 Å². The number of hydrogen-bond donors (Lipinski definition) is 14. The predicted octanol–water partition coefficient (Wildman–Crippen LogP) is 21.0. The Morgan fingerprint density at radius 3 is 0.976 bits per heavy atom. The van der Waals surface area contributed by atoms with Gasteiger partial charge in [0.2, 0.25) is 0 Å². The maximum atomic E-state index is 5.94. The van der Waals surface area contributed by atoms with Gasteiger partial charge in [-0.15, -0.1) is 0 Å². The van der Waals surface area contributed by atoms with E-state index in [4.69, 9.17) is 80.3 Å². The first-order valence-electron chi connectivity index (χ1n) is 42.8. The molecule has 0 aliphatic heterocycles. The van der Waals surface area contributed by atoms with Gasteiger partial charge in [0.25, 0.3) is 0 Å². The highest BCUT2D eigenvalue weighted by Crippen LogP contribution is 2.42. The van der Waals surface area contributed by atoms with Crippen LogP contribution in [0.3, 0.4) is 0 Å². The summed E-state index contributed by atoms with van der Waals surface area (Å²) in [5, 5.41) is 27.8. The SMILES string of the molecule is C1=CC2Cc3ccccc3C2C=C1.CCN.CCN.CCN.CCN.CCN.CCN.NCc1c2ccccc2c(CN)c2ccccc12.NCc1ccc2c(N)cccc2c1.NCc1ccc2ccc3ccc(CN)cc3c2c1.NCc1cccc2c(N)cccc12.c1cc2ccc3cccc4ccc(c1)c2c34.c1ccc2cc3ccccc3cc2c1. The lowest BCUT2D eigenvalue weighted by Gasteiger charge is -2.15. The van der Waals surface area contributed by atoms with Gasteiger partial charge in [-0.2, -0.15) is 0 Å². The summed E-state index contributed by atoms with van der Waals surface area (Å²) in [6, 6.07) is 110. The van der Waals surface area contributed by atoms with E-state index in [9.17, 15) is 0 Å². The smallest absolute Gasteiger partial charge is 0.0393 e. The van der Waals surface area contributed by atoms with Crippen LogP contribution in [0.25, 0.3) is 118 Å². The number of anilines is 2. The van der Waals surface area contributed by atoms with Crippen LogP contribution in [0.4, 0.5) is 11.4 Å². The van der Waals surface area contributed by atoms with Gasteiger partial charge < -0.3 is 80.3 Å². The van der Waals surface area contributed by atoms with Crippen molar-refractivity contribution in [3.63, 3.8) is 0 Å². The third kappa shape index (κ3) is 25.9. The molecule has 0 bridgehead atoms. The van der Waals surface area contributed by atoms with Gasteiger partial charge in [-0.1, -0.05) is 339 Å². The second-order valence-corrected chi connectivity index (χ2v) is 29.4. The van der Waals surface area contributed by atoms with Crippen LogP contribution < -0.4 is 80.3 Å². The lowest BCUT2D eigenvalue weighted by atomic mass is 9.89. The molecule has 2 atom stereocenters. The predicted molar refractivity (Wildman–Crippen MR) is 542 cm³/mol. The van der Waals surface area contributed by atoms with Crippen molar-refractivity contribution in [1.29, 1.82) is 0 Å². The third-order valence-corrected chi connectivity index (χ3v) is 20.6. The molecule has 14 heteroatoms. The minimum Gasteiger partial charge on any atom is -0.398 e. The maximum absolute atomic E-state index is 5.94. The lowest BCUT2D eigenvalue weighted by molar-refractivity contribution is 0.630. The average molecular weight is 1640 g/mol. The molecule has 2 aliphatic rings. The highest BCUT2D eigenvalue weighted by atomic mass is 14.6. The van der Waals surface area contributed by atoms with Gasteiger partial charge in [0, 0.05) is 67.3 Å². The first kappa shape index (κ1) is 96.1. The second-order valence-electron chi connectivity index (χ2n) is 29.4. The maximum Gasteiger partial charge on any atom is 0.0393 e. The Balaban J connectivity index is 0.000000173. The Kier molecular flexibility index (Phi) is 40.2. The molecular formula is C109H130N14. The van der Waals surface area contributed by atoms with Crippen molar-refractivity contribution in [3.05, 3.63) is 384 Å². The molecule has 20 rings (SSSR count). The molecule has 0 aromatic heterocycles. The fourth-order valence-electron chi connectivity index (χ4n) is 15.2. The van der Waals surface area contributed by atoms with E-state index < -0.39 is 0 Å². The molecule has 0 heterocycles. The quantitative estimate of drug-likeness (QED) is 0.0418. The summed E-state index contributed by atoms with van der Waals surface area (Å²) < 4.78 is 0. The Bertz CT molecular complexity index is 5880. The van der Waals surface area contributed by atoms with E-state index in [1.54, 1.807) is 0 Å². The minimum atomic E-state index is 0.547. The first-order chi connectivity index (χ1) is 60.1. The molecule has 0 saturated heterocycles. The van der Waals surface area contributed by atoms with E-state index in [1.807, 2.05) is 108 Å². The molecule has 0 fully saturated rings. The Morgan fingerprint density at radius 2 is 0.553 bits per heavy atom. The van der Waals surface area contributed by atoms with E-state index in [0.717, 1.165) is 100 Å². The van der Waals surface area contributed by atoms with Crippen molar-refractivity contribution in [3.8, 4) is 0 Å². The highest BCUT2D eigenvalue weighted by Gasteiger charge is 2.29. The molecule has 0 saturated carbocycles. The molecule has 0 spiro atoms. The van der Waals surface area contributed by atoms with Crippen molar-refractivity contribution in [1.82, 2.24) is 0 Å². The molecule has 14 nitrogen and oxygen atoms in total. The van der Waals surface area contributed by atoms with Crippen molar-refractivity contribution >= 4 is 130 Å². The summed E-state index contributed by atoms with van der Waals surface area (Å²) in [5.41, 5.74) is 87.0. The molecule has 0 amide bonds. The van der Waals surface area contributed by atoms with Gasteiger partial charge in [0.15, 0.2) is 0 Å². The molecule has 2 aliphatic carbocycles. The van der Waals surface area contributed by atoms with Crippen LogP contribution in [0.1, 0.15) is 92.0 Å². The summed E-state index contributed by atoms with van der Waals surface area (Å²) >= 11 is 0. The minimum absolute atomic E-state index is 0.547. The molecule has 18 aromatic rings. The van der Waals surface area contributed by atoms with Crippen LogP contribution in [-0.4, -0.2) is 39.3 Å². The summed E-state index contributed by atoms with van der Waals surface area (Å²) in [6.45, 7) is 19.3. The zero-order valence-corrected chi connectivity index (χ0v) is 72.8. The topological polar surface area (TPSA) is 364 Å². The van der Waals surface area contributed by atoms with Gasteiger partial charge in [-0.3, -0.25) is 0 Å². The monoisotopic (exact) mass is 1640 g/mol. The zero-order chi connectivity index (χ0) is 88.4. The van der Waals surface area contributed by atoms with Crippen LogP contribution in [0.15, 0.2) is 340 Å². The standard InChI is InChI=1S/2C16H16N2.C16H10.C14H10.C13H12.2C11H12N2.6C2H7N/c17-9-11-1-3-13-5-6-14-4-2-12(10-18)8-16(14)15(13)7-11;17-9-15-11-5-1-2-6-12(11)16(10-18)14-8-4-3-7-13(14)15;1-3-11-7-9-13-5-2-6-14-10-8-12(4-1)15(11)16(13)14;1-2-6-12-10-14-8-4-3-7-13(14)9-11(12)5-1;1-3-7-12-10(5-1)9-11-6-2-4-8-13(11)12;12-7-8-3-1-5-10-9(8)4-2-6-11(10)13;12-7-8-4-5-10-9(6-8)2-1-3-11(10)13;6*1-2-3/h2*1-8H,9-10,17-18H2;1-10H;1-10H;1-8,10,12H,9H2;2*1-6H,7,12-13H2;6*2-3H2,1H3. The number of hydrogen-bond acceptors (Lipinski definition) is 14. The van der Waals surface area contributed by atoms with Crippen LogP contribution in [0.2, 0.25) is 0 Å². The molecule has 0 radical (unpaired) electrons. The average Bonchev–Trinajstić information content (AvgIpc) is 0.841. The van der Waals surface area contributed by atoms with Gasteiger partial charge in [0.1, 0.15) is 0 Å². The van der Waals surface area contributed by atoms with Crippen molar-refractivity contribution in [2.75, 3.05) is 50.7 Å². The van der Waals surface area contributed by atoms with Gasteiger partial charge in [-0.25, -0.2) is 0 Å². The van der Waals surface area contributed by atoms with Crippen LogP contribution in [0, 0.1) is 5.92 Å². The Morgan fingerprint density at radius 1 is 0.236 bits per heavy atom. The Hall–Kier alpha value is -12.3. The molecule has 123 heavy (non-hydrogen) atoms. The molecule has 18 aromatic carbocycles. The first-order valence-corrected chi connectivity index (χ1v) is 42.8. The number of benzene rings is 18. The highest BCUT2D eigenvalue weighted by molar-refractivity contribution is 6.23. The summed E-state index contributed by atoms with van der Waals surface area (Å²) in [5.74, 6) is 1.38. The van der Waals surface area contributed by atoms with Crippen LogP contribution in [-0.2, 0) is 45.7 Å². The Labute approximate surface area is 728 Å². The normalized spacial score (nSPS) is 12.2. The summed E-state index contributed by atoms with van der Waals surface area (Å²) in [7, 11) is 0. The second kappa shape index (κ2) is 51.4. The van der Waals surface area contributed by atoms with E-state index in [0.29, 0.717) is 45.2 Å². The fourth-order valence-corrected chi connectivity index (χ4v) is 15.2. The number of nitrogen functional groups attached to an aromatic ring is 2. The van der Waals surface area contributed by atoms with Crippen molar-refractivity contribution < 1.29 is 0 Å². The van der Waals surface area contributed by atoms with Crippen molar-refractivity contribution in [2.45, 2.75) is 93.1 Å². The zero-order valence-electron chi connectivity index (χ0n) is 72.8. The lowest BCUT2D eigenvalue weighted by Crippen LogP contribution is -2.04. The third-order valence-electron chi connectivity index (χ3n) is 20.6. The molecule has 636 valence electrons. The van der Waals surface area contributed by atoms with E-state index in [2.05, 4.69) is 273 Å².